The van der Waals surface area contributed by atoms with Gasteiger partial charge in [-0.2, -0.15) is 0 Å². The van der Waals surface area contributed by atoms with E-state index in [1.54, 1.807) is 22.9 Å². The smallest absolute Gasteiger partial charge is 0.237 e. The molecule has 1 saturated heterocycles. The minimum absolute atomic E-state index is 0.135. The van der Waals surface area contributed by atoms with Gasteiger partial charge in [-0.05, 0) is 42.3 Å². The van der Waals surface area contributed by atoms with Crippen molar-refractivity contribution in [1.29, 1.82) is 0 Å². The molecule has 1 N–H and O–H groups in total. The summed E-state index contributed by atoms with van der Waals surface area (Å²) in [6.07, 6.45) is 2.20. The average Bonchev–Trinajstić information content (AvgIpc) is 3.37. The number of benzene rings is 1. The zero-order valence-electron chi connectivity index (χ0n) is 14.3. The number of hydrogen-bond donors (Lipinski definition) is 1. The molecule has 3 heterocycles. The van der Waals surface area contributed by atoms with Gasteiger partial charge < -0.3 is 19.5 Å². The molecule has 2 atom stereocenters. The van der Waals surface area contributed by atoms with Gasteiger partial charge in [-0.15, -0.1) is 5.10 Å². The van der Waals surface area contributed by atoms with E-state index < -0.39 is 0 Å². The highest BCUT2D eigenvalue weighted by Gasteiger charge is 2.23. The van der Waals surface area contributed by atoms with Crippen LogP contribution in [-0.4, -0.2) is 50.9 Å². The fourth-order valence-corrected chi connectivity index (χ4v) is 3.61. The van der Waals surface area contributed by atoms with E-state index in [-0.39, 0.29) is 24.1 Å². The van der Waals surface area contributed by atoms with Crippen LogP contribution in [0, 0.1) is 0 Å². The number of carbonyl (C=O) groups is 1. The lowest BCUT2D eigenvalue weighted by Gasteiger charge is -2.13. The third kappa shape index (κ3) is 3.75. The Bertz CT molecular complexity index is 793. The predicted octanol–water partition coefficient (Wildman–Crippen LogP) is 1.70. The first-order chi connectivity index (χ1) is 12.7. The number of nitrogens with one attached hydrogen (secondary N) is 1. The first kappa shape index (κ1) is 17.1. The number of fused-ring (bicyclic) bond motifs is 1. The molecule has 2 aromatic rings. The van der Waals surface area contributed by atoms with E-state index in [9.17, 15) is 4.79 Å². The SMILES string of the molecule is CC(Sc1nnnn1CC1CCCO1)C(=O)Nc1ccc2c(c1)OCO2. The lowest BCUT2D eigenvalue weighted by Crippen LogP contribution is -2.23. The van der Waals surface area contributed by atoms with Crippen LogP contribution in [0.15, 0.2) is 23.4 Å². The first-order valence-corrected chi connectivity index (χ1v) is 9.32. The highest BCUT2D eigenvalue weighted by Crippen LogP contribution is 2.34. The number of carbonyl (C=O) groups excluding carboxylic acids is 1. The van der Waals surface area contributed by atoms with Gasteiger partial charge in [0.05, 0.1) is 17.9 Å². The van der Waals surface area contributed by atoms with Crippen LogP contribution in [0.5, 0.6) is 11.5 Å². The number of anilines is 1. The fourth-order valence-electron chi connectivity index (χ4n) is 2.81. The van der Waals surface area contributed by atoms with E-state index in [1.807, 2.05) is 6.92 Å². The van der Waals surface area contributed by atoms with E-state index in [0.717, 1.165) is 19.4 Å². The third-order valence-corrected chi connectivity index (χ3v) is 5.26. The number of hydrogen-bond acceptors (Lipinski definition) is 8. The minimum Gasteiger partial charge on any atom is -0.454 e. The third-order valence-electron chi connectivity index (χ3n) is 4.19. The van der Waals surface area contributed by atoms with Crippen LogP contribution >= 0.6 is 11.8 Å². The number of aromatic nitrogens is 4. The molecule has 1 amide bonds. The molecule has 4 rings (SSSR count). The van der Waals surface area contributed by atoms with Crippen LogP contribution in [0.1, 0.15) is 19.8 Å². The molecular formula is C16H19N5O4S. The summed E-state index contributed by atoms with van der Waals surface area (Å²) in [5.74, 6) is 1.17. The van der Waals surface area contributed by atoms with Crippen molar-refractivity contribution in [3.8, 4) is 11.5 Å². The summed E-state index contributed by atoms with van der Waals surface area (Å²) in [7, 11) is 0. The van der Waals surface area contributed by atoms with E-state index in [0.29, 0.717) is 28.9 Å². The molecule has 9 nitrogen and oxygen atoms in total. The second kappa shape index (κ2) is 7.50. The number of rotatable bonds is 6. The maximum atomic E-state index is 12.5. The summed E-state index contributed by atoms with van der Waals surface area (Å²) in [6, 6.07) is 5.31. The molecular weight excluding hydrogens is 358 g/mol. The van der Waals surface area contributed by atoms with Crippen molar-refractivity contribution >= 4 is 23.4 Å². The molecule has 2 aliphatic heterocycles. The van der Waals surface area contributed by atoms with E-state index in [4.69, 9.17) is 14.2 Å². The Hall–Kier alpha value is -2.33. The molecule has 1 aromatic carbocycles. The number of nitrogens with zero attached hydrogens (tertiary/aromatic N) is 4. The van der Waals surface area contributed by atoms with Crippen molar-refractivity contribution in [2.45, 2.75) is 42.8 Å². The van der Waals surface area contributed by atoms with Crippen LogP contribution in [0.3, 0.4) is 0 Å². The van der Waals surface area contributed by atoms with E-state index in [2.05, 4.69) is 20.8 Å². The molecule has 2 unspecified atom stereocenters. The van der Waals surface area contributed by atoms with Crippen molar-refractivity contribution in [2.75, 3.05) is 18.7 Å². The van der Waals surface area contributed by atoms with E-state index in [1.165, 1.54) is 11.8 Å². The Morgan fingerprint density at radius 1 is 1.42 bits per heavy atom. The second-order valence-corrected chi connectivity index (χ2v) is 7.40. The lowest BCUT2D eigenvalue weighted by atomic mass is 10.2. The first-order valence-electron chi connectivity index (χ1n) is 8.44. The van der Waals surface area contributed by atoms with Gasteiger partial charge in [0, 0.05) is 18.4 Å². The van der Waals surface area contributed by atoms with Crippen LogP contribution in [0.4, 0.5) is 5.69 Å². The number of ether oxygens (including phenoxy) is 3. The molecule has 1 aromatic heterocycles. The molecule has 10 heteroatoms. The van der Waals surface area contributed by atoms with Crippen molar-refractivity contribution in [1.82, 2.24) is 20.2 Å². The summed E-state index contributed by atoms with van der Waals surface area (Å²) in [5, 5.41) is 14.9. The minimum atomic E-state index is -0.366. The fraction of sp³-hybridized carbons (Fsp3) is 0.500. The zero-order chi connectivity index (χ0) is 17.9. The summed E-state index contributed by atoms with van der Waals surface area (Å²) in [5.41, 5.74) is 0.658. The normalized spacial score (nSPS) is 19.5. The van der Waals surface area contributed by atoms with Crippen LogP contribution in [0.2, 0.25) is 0 Å². The Kier molecular flexibility index (Phi) is 4.93. The standard InChI is InChI=1S/C16H19N5O4S/c1-10(15(22)17-11-4-5-13-14(7-11)25-9-24-13)26-16-18-19-20-21(16)8-12-3-2-6-23-12/h4-5,7,10,12H,2-3,6,8-9H2,1H3,(H,17,22). The molecule has 138 valence electrons. The largest absolute Gasteiger partial charge is 0.454 e. The van der Waals surface area contributed by atoms with Gasteiger partial charge >= 0.3 is 0 Å². The predicted molar refractivity (Wildman–Crippen MR) is 93.3 cm³/mol. The van der Waals surface area contributed by atoms with Crippen LogP contribution < -0.4 is 14.8 Å². The molecule has 26 heavy (non-hydrogen) atoms. The van der Waals surface area contributed by atoms with Gasteiger partial charge in [-0.25, -0.2) is 4.68 Å². The Balaban J connectivity index is 1.36. The van der Waals surface area contributed by atoms with E-state index >= 15 is 0 Å². The number of thioether (sulfide) groups is 1. The summed E-state index contributed by atoms with van der Waals surface area (Å²) in [4.78, 5) is 12.5. The highest BCUT2D eigenvalue weighted by molar-refractivity contribution is 8.00. The molecule has 0 radical (unpaired) electrons. The van der Waals surface area contributed by atoms with Crippen LogP contribution in [0.25, 0.3) is 0 Å². The zero-order valence-corrected chi connectivity index (χ0v) is 15.1. The Morgan fingerprint density at radius 3 is 3.15 bits per heavy atom. The van der Waals surface area contributed by atoms with Gasteiger partial charge in [0.2, 0.25) is 17.9 Å². The van der Waals surface area contributed by atoms with Gasteiger partial charge in [-0.1, -0.05) is 11.8 Å². The average molecular weight is 377 g/mol. The Labute approximate surface area is 154 Å². The molecule has 0 saturated carbocycles. The molecule has 1 fully saturated rings. The summed E-state index contributed by atoms with van der Waals surface area (Å²) >= 11 is 1.32. The monoisotopic (exact) mass is 377 g/mol. The summed E-state index contributed by atoms with van der Waals surface area (Å²) in [6.45, 7) is 3.40. The van der Waals surface area contributed by atoms with Crippen LogP contribution in [-0.2, 0) is 16.1 Å². The quantitative estimate of drug-likeness (QED) is 0.759. The molecule has 2 aliphatic rings. The maximum Gasteiger partial charge on any atom is 0.237 e. The highest BCUT2D eigenvalue weighted by atomic mass is 32.2. The van der Waals surface area contributed by atoms with Crippen molar-refractivity contribution < 1.29 is 19.0 Å². The van der Waals surface area contributed by atoms with Crippen molar-refractivity contribution in [3.63, 3.8) is 0 Å². The topological polar surface area (TPSA) is 100 Å². The van der Waals surface area contributed by atoms with Crippen molar-refractivity contribution in [3.05, 3.63) is 18.2 Å². The van der Waals surface area contributed by atoms with Gasteiger partial charge in [0.25, 0.3) is 0 Å². The van der Waals surface area contributed by atoms with Gasteiger partial charge in [0.15, 0.2) is 11.5 Å². The van der Waals surface area contributed by atoms with Gasteiger partial charge in [0.1, 0.15) is 0 Å². The lowest BCUT2D eigenvalue weighted by molar-refractivity contribution is -0.115. The van der Waals surface area contributed by atoms with Crippen molar-refractivity contribution in [2.24, 2.45) is 0 Å². The summed E-state index contributed by atoms with van der Waals surface area (Å²) < 4.78 is 17.9. The Morgan fingerprint density at radius 2 is 2.31 bits per heavy atom. The number of tetrazole rings is 1. The van der Waals surface area contributed by atoms with Gasteiger partial charge in [-0.3, -0.25) is 4.79 Å². The molecule has 0 aliphatic carbocycles. The molecule has 0 spiro atoms. The molecule has 0 bridgehead atoms. The number of amides is 1. The second-order valence-electron chi connectivity index (χ2n) is 6.10. The maximum absolute atomic E-state index is 12.5.